The highest BCUT2D eigenvalue weighted by molar-refractivity contribution is 8.03. The minimum Gasteiger partial charge on any atom is -0.462 e. The summed E-state index contributed by atoms with van der Waals surface area (Å²) in [6, 6.07) is 49.9. The van der Waals surface area contributed by atoms with Gasteiger partial charge in [0, 0.05) is 35.1 Å². The Hall–Kier alpha value is -6.68. The first kappa shape index (κ1) is 41.5. The molecule has 3 aliphatic carbocycles. The first-order valence-electron chi connectivity index (χ1n) is 20.4. The van der Waals surface area contributed by atoms with Gasteiger partial charge in [-0.05, 0) is 104 Å². The quantitative estimate of drug-likeness (QED) is 0.143. The van der Waals surface area contributed by atoms with Crippen LogP contribution >= 0.6 is 11.8 Å². The van der Waals surface area contributed by atoms with Crippen LogP contribution in [0, 0.1) is 0 Å². The van der Waals surface area contributed by atoms with Crippen LogP contribution in [0.15, 0.2) is 217 Å². The van der Waals surface area contributed by atoms with Crippen molar-refractivity contribution in [3.05, 3.63) is 257 Å². The van der Waals surface area contributed by atoms with Crippen LogP contribution in [0.1, 0.15) is 56.5 Å². The maximum absolute atomic E-state index is 5.31. The topological polar surface area (TPSA) is 21.6 Å². The maximum Gasteiger partial charge on any atom is 0.130 e. The summed E-state index contributed by atoms with van der Waals surface area (Å²) in [5.41, 5.74) is 18.0. The summed E-state index contributed by atoms with van der Waals surface area (Å²) >= 11 is 1.80. The number of hydrogen-bond donors (Lipinski definition) is 0. The van der Waals surface area contributed by atoms with Gasteiger partial charge in [-0.2, -0.15) is 0 Å². The van der Waals surface area contributed by atoms with Gasteiger partial charge in [0.1, 0.15) is 11.5 Å². The molecule has 12 rings (SSSR count). The van der Waals surface area contributed by atoms with Crippen molar-refractivity contribution in [1.29, 1.82) is 0 Å². The van der Waals surface area contributed by atoms with E-state index < -0.39 is 0 Å². The summed E-state index contributed by atoms with van der Waals surface area (Å²) in [4.78, 5) is 6.80. The molecule has 6 aromatic carbocycles. The van der Waals surface area contributed by atoms with E-state index in [2.05, 4.69) is 142 Å². The van der Waals surface area contributed by atoms with Gasteiger partial charge >= 0.3 is 0 Å². The second-order valence-electron chi connectivity index (χ2n) is 15.2. The highest BCUT2D eigenvalue weighted by atomic mass is 32.2. The zero-order chi connectivity index (χ0) is 41.8. The second kappa shape index (κ2) is 19.8. The predicted molar refractivity (Wildman–Crippen MR) is 260 cm³/mol. The molecular formula is C57H51NOS. The molecule has 0 radical (unpaired) electrons. The van der Waals surface area contributed by atoms with Crippen LogP contribution in [0.25, 0.3) is 22.8 Å². The summed E-state index contributed by atoms with van der Waals surface area (Å²) in [5, 5.41) is 0. The van der Waals surface area contributed by atoms with Gasteiger partial charge in [-0.3, -0.25) is 4.99 Å². The summed E-state index contributed by atoms with van der Waals surface area (Å²) in [7, 11) is 0. The SMILES string of the molecule is C=C1C=Cc2ccccc21.C=C1C=Nc2ccccc21.C=C1CCc2ccccc21.C=C1Cc2ccccc2C1.C=C1Cc2ccccc2O1.C=C1Cc2ccccc2S1. The van der Waals surface area contributed by atoms with Crippen molar-refractivity contribution in [2.24, 2.45) is 4.99 Å². The van der Waals surface area contributed by atoms with Gasteiger partial charge in [-0.25, -0.2) is 0 Å². The molecule has 3 heterocycles. The van der Waals surface area contributed by atoms with Gasteiger partial charge in [-0.15, -0.1) is 0 Å². The molecule has 0 atom stereocenters. The van der Waals surface area contributed by atoms with Crippen molar-refractivity contribution in [3.63, 3.8) is 0 Å². The van der Waals surface area contributed by atoms with Crippen LogP contribution in [-0.2, 0) is 32.1 Å². The molecule has 0 aromatic heterocycles. The summed E-state index contributed by atoms with van der Waals surface area (Å²) in [5.74, 6) is 1.81. The molecule has 6 aliphatic rings. The predicted octanol–water partition coefficient (Wildman–Crippen LogP) is 15.1. The molecule has 0 saturated carbocycles. The van der Waals surface area contributed by atoms with Gasteiger partial charge < -0.3 is 4.74 Å². The average Bonchev–Trinajstić information content (AvgIpc) is 4.14. The smallest absolute Gasteiger partial charge is 0.130 e. The molecule has 0 fully saturated rings. The number of aliphatic imine (C=N–C) groups is 1. The number of allylic oxidation sites excluding steroid dienone is 7. The molecule has 296 valence electrons. The molecule has 3 aliphatic heterocycles. The molecule has 60 heavy (non-hydrogen) atoms. The van der Waals surface area contributed by atoms with Crippen molar-refractivity contribution >= 4 is 46.5 Å². The number of para-hydroxylation sites is 2. The normalized spacial score (nSPS) is 14.7. The van der Waals surface area contributed by atoms with E-state index in [1.54, 1.807) is 18.0 Å². The summed E-state index contributed by atoms with van der Waals surface area (Å²) < 4.78 is 5.31. The monoisotopic (exact) mass is 797 g/mol. The Kier molecular flexibility index (Phi) is 13.7. The van der Waals surface area contributed by atoms with Gasteiger partial charge in [0.25, 0.3) is 0 Å². The lowest BCUT2D eigenvalue weighted by molar-refractivity contribution is 0.449. The van der Waals surface area contributed by atoms with E-state index in [1.807, 2.05) is 60.7 Å². The van der Waals surface area contributed by atoms with Crippen molar-refractivity contribution in [2.75, 3.05) is 0 Å². The van der Waals surface area contributed by atoms with E-state index in [1.165, 1.54) is 71.9 Å². The van der Waals surface area contributed by atoms with Crippen LogP contribution in [0.4, 0.5) is 5.69 Å². The Labute approximate surface area is 361 Å². The molecule has 0 saturated heterocycles. The van der Waals surface area contributed by atoms with Crippen molar-refractivity contribution < 1.29 is 4.74 Å². The first-order valence-corrected chi connectivity index (χ1v) is 21.2. The van der Waals surface area contributed by atoms with E-state index >= 15 is 0 Å². The number of rotatable bonds is 0. The minimum absolute atomic E-state index is 0.848. The molecule has 0 unspecified atom stereocenters. The number of aryl methyl sites for hydroxylation is 1. The lowest BCUT2D eigenvalue weighted by Gasteiger charge is -1.95. The fourth-order valence-electron chi connectivity index (χ4n) is 7.60. The van der Waals surface area contributed by atoms with Gasteiger partial charge in [0.2, 0.25) is 0 Å². The highest BCUT2D eigenvalue weighted by Crippen LogP contribution is 2.38. The van der Waals surface area contributed by atoms with Gasteiger partial charge in [0.05, 0.1) is 5.69 Å². The number of benzene rings is 6. The standard InChI is InChI=1S/2C10H10.C10H8.C9H7N.C9H8O.C9H8S/c1-8-6-9-4-2-3-5-10(9)7-8;2*1-8-6-7-9-4-2-3-5-10(8)9;1-7-6-10-9-5-3-2-4-8(7)9;2*1-7-6-8-4-2-3-5-9(8)10-7/h2*2-5H,1,6-7H2;2-7H,1H2;2-6H,1H2;2*2-5H,1,6H2. The Morgan fingerprint density at radius 3 is 1.72 bits per heavy atom. The lowest BCUT2D eigenvalue weighted by atomic mass is 10.1. The van der Waals surface area contributed by atoms with Crippen LogP contribution in [0.5, 0.6) is 5.75 Å². The molecule has 2 nitrogen and oxygen atoms in total. The zero-order valence-electron chi connectivity index (χ0n) is 34.3. The number of hydrogen-bond acceptors (Lipinski definition) is 3. The van der Waals surface area contributed by atoms with Crippen LogP contribution < -0.4 is 4.74 Å². The van der Waals surface area contributed by atoms with Crippen LogP contribution in [-0.4, -0.2) is 6.21 Å². The second-order valence-corrected chi connectivity index (χ2v) is 16.5. The lowest BCUT2D eigenvalue weighted by Crippen LogP contribution is -1.81. The third kappa shape index (κ3) is 10.7. The van der Waals surface area contributed by atoms with Gasteiger partial charge in [0.15, 0.2) is 0 Å². The largest absolute Gasteiger partial charge is 0.462 e. The molecule has 3 heteroatoms. The van der Waals surface area contributed by atoms with E-state index in [0.29, 0.717) is 0 Å². The zero-order valence-corrected chi connectivity index (χ0v) is 35.2. The van der Waals surface area contributed by atoms with Crippen molar-refractivity contribution in [3.8, 4) is 5.75 Å². The minimum atomic E-state index is 0.848. The number of ether oxygens (including phenoxy) is 1. The summed E-state index contributed by atoms with van der Waals surface area (Å²) in [6.07, 6.45) is 12.4. The third-order valence-corrected chi connectivity index (χ3v) is 11.8. The Morgan fingerprint density at radius 1 is 0.467 bits per heavy atom. The highest BCUT2D eigenvalue weighted by Gasteiger charge is 2.15. The Balaban J connectivity index is 0.000000109. The first-order chi connectivity index (χ1) is 29.2. The third-order valence-electron chi connectivity index (χ3n) is 10.7. The average molecular weight is 798 g/mol. The molecule has 0 N–H and O–H groups in total. The summed E-state index contributed by atoms with van der Waals surface area (Å²) in [6.45, 7) is 23.4. The van der Waals surface area contributed by atoms with Crippen molar-refractivity contribution in [1.82, 2.24) is 0 Å². The van der Waals surface area contributed by atoms with E-state index in [0.717, 1.165) is 66.0 Å². The van der Waals surface area contributed by atoms with Crippen LogP contribution in [0.3, 0.4) is 0 Å². The maximum atomic E-state index is 5.31. The van der Waals surface area contributed by atoms with Crippen molar-refractivity contribution in [2.45, 2.75) is 43.4 Å². The van der Waals surface area contributed by atoms with E-state index in [9.17, 15) is 0 Å². The van der Waals surface area contributed by atoms with E-state index in [-0.39, 0.29) is 0 Å². The fraction of sp³-hybridized carbons (Fsp3) is 0.105. The molecule has 0 amide bonds. The van der Waals surface area contributed by atoms with E-state index in [4.69, 9.17) is 4.74 Å². The Morgan fingerprint density at radius 2 is 1.05 bits per heavy atom. The van der Waals surface area contributed by atoms with Gasteiger partial charge in [-0.1, -0.05) is 196 Å². The molecule has 0 bridgehead atoms. The molecular weight excluding hydrogens is 747 g/mol. The Bertz CT molecular complexity index is 2370. The number of thioether (sulfide) groups is 1. The van der Waals surface area contributed by atoms with Crippen LogP contribution in [0.2, 0.25) is 0 Å². The number of fused-ring (bicyclic) bond motifs is 6. The molecule has 6 aromatic rings. The fourth-order valence-corrected chi connectivity index (χ4v) is 8.56. The number of nitrogens with zero attached hydrogens (tertiary/aromatic N) is 1. The molecule has 0 spiro atoms.